The minimum Gasteiger partial charge on any atom is -0.494 e. The number of benzene rings is 2. The van der Waals surface area contributed by atoms with E-state index in [-0.39, 0.29) is 17.1 Å². The fraction of sp³-hybridized carbons (Fsp3) is 0.167. The molecule has 1 N–H and O–H groups in total. The summed E-state index contributed by atoms with van der Waals surface area (Å²) in [5.74, 6) is -0.820. The van der Waals surface area contributed by atoms with E-state index >= 15 is 0 Å². The molecule has 0 aliphatic rings. The Balaban J connectivity index is 1.77. The molecule has 3 rings (SSSR count). The van der Waals surface area contributed by atoms with Crippen LogP contribution in [0.15, 0.2) is 55.1 Å². The molecule has 7 nitrogen and oxygen atoms in total. The Morgan fingerprint density at radius 1 is 1.31 bits per heavy atom. The van der Waals surface area contributed by atoms with Crippen molar-refractivity contribution in [1.29, 1.82) is 0 Å². The third kappa shape index (κ3) is 3.97. The summed E-state index contributed by atoms with van der Waals surface area (Å²) in [6.45, 7) is 1.03. The molecule has 2 aromatic carbocycles. The number of nitrogens with zero attached hydrogens (tertiary/aromatic N) is 3. The third-order valence-corrected chi connectivity index (χ3v) is 3.87. The van der Waals surface area contributed by atoms with Crippen LogP contribution in [-0.2, 0) is 13.1 Å². The summed E-state index contributed by atoms with van der Waals surface area (Å²) in [4.78, 5) is 14.6. The van der Waals surface area contributed by atoms with Gasteiger partial charge >= 0.3 is 0 Å². The lowest BCUT2D eigenvalue weighted by Gasteiger charge is -2.11. The van der Waals surface area contributed by atoms with Gasteiger partial charge in [-0.05, 0) is 11.1 Å². The highest BCUT2D eigenvalue weighted by atomic mass is 19.1. The molecule has 0 radical (unpaired) electrons. The zero-order chi connectivity index (χ0) is 18.5. The van der Waals surface area contributed by atoms with Crippen LogP contribution in [0.4, 0.5) is 15.8 Å². The largest absolute Gasteiger partial charge is 0.494 e. The highest BCUT2D eigenvalue weighted by molar-refractivity contribution is 5.64. The van der Waals surface area contributed by atoms with Crippen LogP contribution in [-0.4, -0.2) is 21.6 Å². The van der Waals surface area contributed by atoms with Crippen molar-refractivity contribution in [2.75, 3.05) is 12.4 Å². The van der Waals surface area contributed by atoms with Crippen LogP contribution in [0.1, 0.15) is 11.1 Å². The lowest BCUT2D eigenvalue weighted by atomic mass is 10.1. The highest BCUT2D eigenvalue weighted by Crippen LogP contribution is 2.32. The van der Waals surface area contributed by atoms with E-state index in [9.17, 15) is 14.5 Å². The summed E-state index contributed by atoms with van der Waals surface area (Å²) in [6.07, 6.45) is 5.32. The average Bonchev–Trinajstić information content (AvgIpc) is 3.13. The Labute approximate surface area is 149 Å². The second-order valence-corrected chi connectivity index (χ2v) is 5.67. The molecule has 0 amide bonds. The maximum absolute atomic E-state index is 13.7. The van der Waals surface area contributed by atoms with Crippen LogP contribution < -0.4 is 10.1 Å². The predicted molar refractivity (Wildman–Crippen MR) is 94.7 cm³/mol. The Bertz CT molecular complexity index is 913. The van der Waals surface area contributed by atoms with Crippen LogP contribution in [0.3, 0.4) is 0 Å². The van der Waals surface area contributed by atoms with Gasteiger partial charge in [0.1, 0.15) is 5.69 Å². The Hall–Kier alpha value is -3.42. The number of nitrogens with one attached hydrogen (secondary N) is 1. The molecule has 3 aromatic rings. The monoisotopic (exact) mass is 356 g/mol. The first-order valence-electron chi connectivity index (χ1n) is 7.86. The van der Waals surface area contributed by atoms with Gasteiger partial charge in [0.05, 0.1) is 24.4 Å². The van der Waals surface area contributed by atoms with Crippen molar-refractivity contribution in [2.24, 2.45) is 0 Å². The summed E-state index contributed by atoms with van der Waals surface area (Å²) in [7, 11) is 1.31. The van der Waals surface area contributed by atoms with Crippen LogP contribution in [0.2, 0.25) is 0 Å². The quantitative estimate of drug-likeness (QED) is 0.517. The average molecular weight is 356 g/mol. The molecule has 0 aliphatic heterocycles. The lowest BCUT2D eigenvalue weighted by molar-refractivity contribution is -0.384. The third-order valence-electron chi connectivity index (χ3n) is 3.87. The summed E-state index contributed by atoms with van der Waals surface area (Å²) in [5.41, 5.74) is 1.89. The van der Waals surface area contributed by atoms with Crippen LogP contribution in [0.5, 0.6) is 5.75 Å². The van der Waals surface area contributed by atoms with Gasteiger partial charge in [-0.15, -0.1) is 0 Å². The maximum Gasteiger partial charge on any atom is 0.295 e. The van der Waals surface area contributed by atoms with Crippen molar-refractivity contribution >= 4 is 11.4 Å². The zero-order valence-corrected chi connectivity index (χ0v) is 14.1. The van der Waals surface area contributed by atoms with Gasteiger partial charge in [-0.1, -0.05) is 24.3 Å². The van der Waals surface area contributed by atoms with Gasteiger partial charge in [-0.2, -0.15) is 0 Å². The van der Waals surface area contributed by atoms with E-state index < -0.39 is 10.7 Å². The molecule has 0 bridgehead atoms. The lowest BCUT2D eigenvalue weighted by Crippen LogP contribution is -2.05. The van der Waals surface area contributed by atoms with E-state index in [1.165, 1.54) is 13.2 Å². The second kappa shape index (κ2) is 7.64. The van der Waals surface area contributed by atoms with Crippen LogP contribution >= 0.6 is 0 Å². The topological polar surface area (TPSA) is 82.2 Å². The molecule has 26 heavy (non-hydrogen) atoms. The van der Waals surface area contributed by atoms with E-state index in [4.69, 9.17) is 4.74 Å². The molecule has 0 saturated heterocycles. The SMILES string of the molecule is COc1cc(NCc2cccc(Cn3ccnc3)c2)c([N+](=O)[O-])cc1F. The summed E-state index contributed by atoms with van der Waals surface area (Å²) >= 11 is 0. The molecule has 8 heteroatoms. The van der Waals surface area contributed by atoms with Gasteiger partial charge in [-0.3, -0.25) is 10.1 Å². The molecule has 1 aromatic heterocycles. The van der Waals surface area contributed by atoms with E-state index in [1.54, 1.807) is 12.5 Å². The number of ether oxygens (including phenoxy) is 1. The van der Waals surface area contributed by atoms with Gasteiger partial charge in [-0.25, -0.2) is 9.37 Å². The number of aromatic nitrogens is 2. The van der Waals surface area contributed by atoms with Crippen molar-refractivity contribution in [3.05, 3.63) is 82.2 Å². The van der Waals surface area contributed by atoms with Crippen molar-refractivity contribution in [3.63, 3.8) is 0 Å². The molecule has 134 valence electrons. The summed E-state index contributed by atoms with van der Waals surface area (Å²) in [6, 6.07) is 9.98. The number of nitro groups is 1. The van der Waals surface area contributed by atoms with Crippen LogP contribution in [0, 0.1) is 15.9 Å². The minimum absolute atomic E-state index is 0.0491. The van der Waals surface area contributed by atoms with Crippen LogP contribution in [0.25, 0.3) is 0 Å². The molecule has 0 aliphatic carbocycles. The first-order valence-corrected chi connectivity index (χ1v) is 7.86. The van der Waals surface area contributed by atoms with Gasteiger partial charge in [0, 0.05) is 31.5 Å². The highest BCUT2D eigenvalue weighted by Gasteiger charge is 2.18. The first-order chi connectivity index (χ1) is 12.6. The number of imidazole rings is 1. The van der Waals surface area contributed by atoms with E-state index in [0.717, 1.165) is 17.2 Å². The van der Waals surface area contributed by atoms with E-state index in [2.05, 4.69) is 10.3 Å². The van der Waals surface area contributed by atoms with Gasteiger partial charge < -0.3 is 14.6 Å². The Morgan fingerprint density at radius 3 is 2.81 bits per heavy atom. The standard InChI is InChI=1S/C18H17FN4O3/c1-26-18-9-16(17(23(24)25)8-15(18)19)21-10-13-3-2-4-14(7-13)11-22-6-5-20-12-22/h2-9,12,21H,10-11H2,1H3. The number of hydrogen-bond acceptors (Lipinski definition) is 5. The second-order valence-electron chi connectivity index (χ2n) is 5.67. The van der Waals surface area contributed by atoms with Gasteiger partial charge in [0.25, 0.3) is 5.69 Å². The molecular weight excluding hydrogens is 339 g/mol. The maximum atomic E-state index is 13.7. The number of nitro benzene ring substituents is 1. The van der Waals surface area contributed by atoms with Crippen molar-refractivity contribution in [2.45, 2.75) is 13.1 Å². The summed E-state index contributed by atoms with van der Waals surface area (Å²) < 4.78 is 20.6. The Kier molecular flexibility index (Phi) is 5.12. The molecule has 1 heterocycles. The molecule has 0 saturated carbocycles. The predicted octanol–water partition coefficient (Wildman–Crippen LogP) is 3.60. The smallest absolute Gasteiger partial charge is 0.295 e. The summed E-state index contributed by atoms with van der Waals surface area (Å²) in [5, 5.41) is 14.2. The number of rotatable bonds is 7. The van der Waals surface area contributed by atoms with E-state index in [1.807, 2.05) is 35.0 Å². The van der Waals surface area contributed by atoms with Gasteiger partial charge in [0.15, 0.2) is 11.6 Å². The molecule has 0 atom stereocenters. The van der Waals surface area contributed by atoms with Crippen molar-refractivity contribution < 1.29 is 14.1 Å². The number of halogens is 1. The fourth-order valence-corrected chi connectivity index (χ4v) is 2.62. The fourth-order valence-electron chi connectivity index (χ4n) is 2.62. The number of anilines is 1. The molecule has 0 fully saturated rings. The van der Waals surface area contributed by atoms with Crippen molar-refractivity contribution in [3.8, 4) is 5.75 Å². The molecule has 0 unspecified atom stereocenters. The number of methoxy groups -OCH3 is 1. The molecule has 0 spiro atoms. The Morgan fingerprint density at radius 2 is 2.12 bits per heavy atom. The zero-order valence-electron chi connectivity index (χ0n) is 14.1. The normalized spacial score (nSPS) is 10.5. The first kappa shape index (κ1) is 17.4. The van der Waals surface area contributed by atoms with Crippen molar-refractivity contribution in [1.82, 2.24) is 9.55 Å². The van der Waals surface area contributed by atoms with E-state index in [0.29, 0.717) is 13.1 Å². The number of hydrogen-bond donors (Lipinski definition) is 1. The molecular formula is C18H17FN4O3. The van der Waals surface area contributed by atoms with Gasteiger partial charge in [0.2, 0.25) is 0 Å². The minimum atomic E-state index is -0.771.